The summed E-state index contributed by atoms with van der Waals surface area (Å²) in [5.41, 5.74) is 3.85. The first-order valence-electron chi connectivity index (χ1n) is 5.05. The molecule has 0 bridgehead atoms. The Morgan fingerprint density at radius 2 is 2.07 bits per heavy atom. The molecule has 0 aliphatic heterocycles. The molecule has 0 heterocycles. The molecule has 2 heteroatoms. The van der Waals surface area contributed by atoms with Gasteiger partial charge in [0, 0.05) is 18.1 Å². The van der Waals surface area contributed by atoms with Crippen LogP contribution in [0.2, 0.25) is 0 Å². The summed E-state index contributed by atoms with van der Waals surface area (Å²) in [6.07, 6.45) is 0. The third-order valence-corrected chi connectivity index (χ3v) is 2.53. The molecule has 14 heavy (non-hydrogen) atoms. The van der Waals surface area contributed by atoms with Gasteiger partial charge in [0.1, 0.15) is 0 Å². The van der Waals surface area contributed by atoms with Crippen LogP contribution < -0.4 is 5.32 Å². The molecule has 0 radical (unpaired) electrons. The maximum Gasteiger partial charge on any atom is 0.0396 e. The van der Waals surface area contributed by atoms with Crippen LogP contribution in [-0.4, -0.2) is 12.4 Å². The molecule has 0 spiro atoms. The first kappa shape index (κ1) is 11.4. The molecule has 0 aliphatic rings. The van der Waals surface area contributed by atoms with Crippen molar-refractivity contribution in [3.63, 3.8) is 0 Å². The number of anilines is 1. The van der Waals surface area contributed by atoms with Gasteiger partial charge in [-0.25, -0.2) is 0 Å². The summed E-state index contributed by atoms with van der Waals surface area (Å²) in [5, 5.41) is 3.33. The molecule has 0 fully saturated rings. The molecule has 0 aromatic heterocycles. The van der Waals surface area contributed by atoms with Gasteiger partial charge >= 0.3 is 0 Å². The number of hydrogen-bond donors (Lipinski definition) is 1. The normalized spacial score (nSPS) is 10.6. The first-order valence-corrected chi connectivity index (χ1v) is 5.59. The molecule has 0 unspecified atom stereocenters. The van der Waals surface area contributed by atoms with Crippen molar-refractivity contribution in [3.05, 3.63) is 29.3 Å². The molecule has 1 aromatic carbocycles. The van der Waals surface area contributed by atoms with Gasteiger partial charge in [0.15, 0.2) is 0 Å². The van der Waals surface area contributed by atoms with E-state index < -0.39 is 0 Å². The quantitative estimate of drug-likeness (QED) is 0.748. The maximum absolute atomic E-state index is 5.64. The average Bonchev–Trinajstić information content (AvgIpc) is 2.16. The lowest BCUT2D eigenvalue weighted by Gasteiger charge is -2.12. The summed E-state index contributed by atoms with van der Waals surface area (Å²) >= 11 is 5.64. The summed E-state index contributed by atoms with van der Waals surface area (Å²) < 4.78 is 0. The van der Waals surface area contributed by atoms with Gasteiger partial charge in [-0.1, -0.05) is 26.0 Å². The minimum absolute atomic E-state index is 0.576. The van der Waals surface area contributed by atoms with Gasteiger partial charge in [-0.2, -0.15) is 0 Å². The van der Waals surface area contributed by atoms with Gasteiger partial charge in [-0.15, -0.1) is 11.6 Å². The lowest BCUT2D eigenvalue weighted by molar-refractivity contribution is 0.866. The van der Waals surface area contributed by atoms with E-state index in [-0.39, 0.29) is 0 Å². The third kappa shape index (κ3) is 2.91. The predicted octanol–water partition coefficient (Wildman–Crippen LogP) is 3.77. The Hall–Kier alpha value is -0.690. The molecule has 0 saturated carbocycles. The number of rotatable bonds is 4. The number of nitrogens with one attached hydrogen (secondary N) is 1. The molecule has 0 atom stereocenters. The molecule has 1 nitrogen and oxygen atoms in total. The van der Waals surface area contributed by atoms with E-state index in [4.69, 9.17) is 11.6 Å². The molecule has 78 valence electrons. The maximum atomic E-state index is 5.64. The first-order chi connectivity index (χ1) is 6.65. The number of hydrogen-bond acceptors (Lipinski definition) is 1. The number of aryl methyl sites for hydroxylation is 1. The van der Waals surface area contributed by atoms with Gasteiger partial charge < -0.3 is 5.32 Å². The largest absolute Gasteiger partial charge is 0.384 e. The Morgan fingerprint density at radius 3 is 2.64 bits per heavy atom. The van der Waals surface area contributed by atoms with E-state index in [1.54, 1.807) is 0 Å². The second-order valence-corrected chi connectivity index (χ2v) is 4.22. The minimum Gasteiger partial charge on any atom is -0.384 e. The fraction of sp³-hybridized carbons (Fsp3) is 0.500. The molecule has 1 aromatic rings. The van der Waals surface area contributed by atoms with Gasteiger partial charge in [0.25, 0.3) is 0 Å². The Morgan fingerprint density at radius 1 is 1.36 bits per heavy atom. The van der Waals surface area contributed by atoms with Crippen LogP contribution in [0.5, 0.6) is 0 Å². The van der Waals surface area contributed by atoms with Crippen LogP contribution >= 0.6 is 11.6 Å². The second kappa shape index (κ2) is 5.26. The van der Waals surface area contributed by atoms with E-state index in [9.17, 15) is 0 Å². The van der Waals surface area contributed by atoms with Crippen molar-refractivity contribution in [1.82, 2.24) is 0 Å². The van der Waals surface area contributed by atoms with Crippen LogP contribution in [0.15, 0.2) is 18.2 Å². The third-order valence-electron chi connectivity index (χ3n) is 2.34. The van der Waals surface area contributed by atoms with E-state index in [1.165, 1.54) is 16.8 Å². The highest BCUT2D eigenvalue weighted by molar-refractivity contribution is 6.18. The van der Waals surface area contributed by atoms with E-state index in [2.05, 4.69) is 44.3 Å². The van der Waals surface area contributed by atoms with Crippen molar-refractivity contribution >= 4 is 17.3 Å². The Balaban J connectivity index is 2.85. The van der Waals surface area contributed by atoms with Crippen LogP contribution in [0.4, 0.5) is 5.69 Å². The van der Waals surface area contributed by atoms with Crippen molar-refractivity contribution in [2.75, 3.05) is 17.7 Å². The molecular formula is C12H18ClN. The monoisotopic (exact) mass is 211 g/mol. The van der Waals surface area contributed by atoms with E-state index in [1.807, 2.05) is 0 Å². The molecule has 0 saturated heterocycles. The van der Waals surface area contributed by atoms with Gasteiger partial charge in [0.2, 0.25) is 0 Å². The van der Waals surface area contributed by atoms with Gasteiger partial charge in [-0.05, 0) is 30.0 Å². The van der Waals surface area contributed by atoms with E-state index >= 15 is 0 Å². The standard InChI is InChI=1S/C12H18ClN/c1-9(2)11-5-4-10(3)12(8-11)14-7-6-13/h4-5,8-9,14H,6-7H2,1-3H3. The highest BCUT2D eigenvalue weighted by atomic mass is 35.5. The zero-order valence-corrected chi connectivity index (χ0v) is 9.86. The van der Waals surface area contributed by atoms with Crippen molar-refractivity contribution in [1.29, 1.82) is 0 Å². The van der Waals surface area contributed by atoms with Gasteiger partial charge in [-0.3, -0.25) is 0 Å². The summed E-state index contributed by atoms with van der Waals surface area (Å²) in [6.45, 7) is 7.34. The zero-order valence-electron chi connectivity index (χ0n) is 9.10. The predicted molar refractivity (Wildman–Crippen MR) is 64.5 cm³/mol. The number of benzene rings is 1. The fourth-order valence-corrected chi connectivity index (χ4v) is 1.47. The highest BCUT2D eigenvalue weighted by Crippen LogP contribution is 2.22. The van der Waals surface area contributed by atoms with Crippen LogP contribution in [0.1, 0.15) is 30.9 Å². The van der Waals surface area contributed by atoms with Crippen LogP contribution in [0.3, 0.4) is 0 Å². The second-order valence-electron chi connectivity index (χ2n) is 3.84. The Kier molecular flexibility index (Phi) is 4.27. The molecule has 0 aliphatic carbocycles. The summed E-state index contributed by atoms with van der Waals surface area (Å²) in [7, 11) is 0. The summed E-state index contributed by atoms with van der Waals surface area (Å²) in [5.74, 6) is 1.22. The van der Waals surface area contributed by atoms with E-state index in [0.717, 1.165) is 6.54 Å². The molecule has 1 N–H and O–H groups in total. The number of halogens is 1. The lowest BCUT2D eigenvalue weighted by Crippen LogP contribution is -2.04. The average molecular weight is 212 g/mol. The SMILES string of the molecule is Cc1ccc(C(C)C)cc1NCCCl. The lowest BCUT2D eigenvalue weighted by atomic mass is 10.0. The van der Waals surface area contributed by atoms with Crippen LogP contribution in [0.25, 0.3) is 0 Å². The minimum atomic E-state index is 0.576. The topological polar surface area (TPSA) is 12.0 Å². The van der Waals surface area contributed by atoms with Gasteiger partial charge in [0.05, 0.1) is 0 Å². The fourth-order valence-electron chi connectivity index (χ4n) is 1.37. The van der Waals surface area contributed by atoms with Crippen molar-refractivity contribution in [2.45, 2.75) is 26.7 Å². The van der Waals surface area contributed by atoms with E-state index in [0.29, 0.717) is 11.8 Å². The smallest absolute Gasteiger partial charge is 0.0396 e. The van der Waals surface area contributed by atoms with Crippen molar-refractivity contribution in [3.8, 4) is 0 Å². The van der Waals surface area contributed by atoms with Crippen molar-refractivity contribution in [2.24, 2.45) is 0 Å². The molecular weight excluding hydrogens is 194 g/mol. The highest BCUT2D eigenvalue weighted by Gasteiger charge is 2.02. The Bertz CT molecular complexity index is 294. The molecule has 1 rings (SSSR count). The van der Waals surface area contributed by atoms with Crippen LogP contribution in [-0.2, 0) is 0 Å². The van der Waals surface area contributed by atoms with Crippen LogP contribution in [0, 0.1) is 6.92 Å². The number of alkyl halides is 1. The zero-order chi connectivity index (χ0) is 10.6. The Labute approximate surface area is 91.5 Å². The summed E-state index contributed by atoms with van der Waals surface area (Å²) in [4.78, 5) is 0. The van der Waals surface area contributed by atoms with Crippen molar-refractivity contribution < 1.29 is 0 Å². The molecule has 0 amide bonds. The summed E-state index contributed by atoms with van der Waals surface area (Å²) in [6, 6.07) is 6.56.